The third kappa shape index (κ3) is 2.17. The molecule has 2 rings (SSSR count). The van der Waals surface area contributed by atoms with Crippen LogP contribution in [0.25, 0.3) is 0 Å². The van der Waals surface area contributed by atoms with Crippen LogP contribution in [0.3, 0.4) is 0 Å². The molecule has 1 saturated heterocycles. The van der Waals surface area contributed by atoms with E-state index < -0.39 is 10.0 Å². The van der Waals surface area contributed by atoms with Crippen molar-refractivity contribution in [3.63, 3.8) is 0 Å². The van der Waals surface area contributed by atoms with Gasteiger partial charge in [-0.1, -0.05) is 0 Å². The van der Waals surface area contributed by atoms with Gasteiger partial charge >= 0.3 is 0 Å². The van der Waals surface area contributed by atoms with E-state index in [1.165, 1.54) is 4.31 Å². The fourth-order valence-electron chi connectivity index (χ4n) is 1.77. The SMILES string of the molecule is Nc1cc(N2CCCCS2(=O)=O)ccc1Br. The summed E-state index contributed by atoms with van der Waals surface area (Å²) < 4.78 is 25.9. The molecule has 0 spiro atoms. The van der Waals surface area contributed by atoms with Gasteiger partial charge in [-0.05, 0) is 47.0 Å². The first-order valence-corrected chi connectivity index (χ1v) is 7.46. The summed E-state index contributed by atoms with van der Waals surface area (Å²) in [5.41, 5.74) is 6.95. The lowest BCUT2D eigenvalue weighted by Gasteiger charge is -2.28. The zero-order valence-corrected chi connectivity index (χ0v) is 11.1. The molecule has 1 aliphatic heterocycles. The lowest BCUT2D eigenvalue weighted by Crippen LogP contribution is -2.37. The summed E-state index contributed by atoms with van der Waals surface area (Å²) in [6, 6.07) is 5.23. The van der Waals surface area contributed by atoms with Crippen molar-refractivity contribution in [3.05, 3.63) is 22.7 Å². The molecule has 4 nitrogen and oxygen atoms in total. The van der Waals surface area contributed by atoms with Crippen molar-refractivity contribution in [1.82, 2.24) is 0 Å². The molecule has 0 atom stereocenters. The minimum absolute atomic E-state index is 0.225. The quantitative estimate of drug-likeness (QED) is 0.807. The van der Waals surface area contributed by atoms with Crippen LogP contribution < -0.4 is 10.0 Å². The van der Waals surface area contributed by atoms with E-state index in [1.807, 2.05) is 0 Å². The van der Waals surface area contributed by atoms with E-state index in [0.717, 1.165) is 17.3 Å². The average Bonchev–Trinajstić information content (AvgIpc) is 2.22. The van der Waals surface area contributed by atoms with Gasteiger partial charge in [0.1, 0.15) is 0 Å². The Kier molecular flexibility index (Phi) is 3.12. The van der Waals surface area contributed by atoms with E-state index in [9.17, 15) is 8.42 Å². The maximum absolute atomic E-state index is 11.9. The minimum Gasteiger partial charge on any atom is -0.398 e. The van der Waals surface area contributed by atoms with Crippen LogP contribution >= 0.6 is 15.9 Å². The standard InChI is InChI=1S/C10H13BrN2O2S/c11-9-4-3-8(7-10(9)12)13-5-1-2-6-16(13,14)15/h3-4,7H,1-2,5-6,12H2. The molecule has 0 saturated carbocycles. The van der Waals surface area contributed by atoms with Crippen LogP contribution in [-0.4, -0.2) is 20.7 Å². The highest BCUT2D eigenvalue weighted by Gasteiger charge is 2.26. The van der Waals surface area contributed by atoms with Gasteiger partial charge in [0.2, 0.25) is 10.0 Å². The first-order chi connectivity index (χ1) is 7.50. The number of nitrogens with two attached hydrogens (primary N) is 1. The summed E-state index contributed by atoms with van der Waals surface area (Å²) in [5.74, 6) is 0.225. The molecule has 0 radical (unpaired) electrons. The molecule has 6 heteroatoms. The van der Waals surface area contributed by atoms with E-state index >= 15 is 0 Å². The van der Waals surface area contributed by atoms with Crippen LogP contribution in [-0.2, 0) is 10.0 Å². The second-order valence-electron chi connectivity index (χ2n) is 3.80. The Bertz CT molecular complexity index is 502. The van der Waals surface area contributed by atoms with Crippen molar-refractivity contribution in [3.8, 4) is 0 Å². The minimum atomic E-state index is -3.14. The molecule has 0 unspecified atom stereocenters. The van der Waals surface area contributed by atoms with Gasteiger partial charge in [-0.2, -0.15) is 0 Å². The summed E-state index contributed by atoms with van der Waals surface area (Å²) in [4.78, 5) is 0. The molecular formula is C10H13BrN2O2S. The van der Waals surface area contributed by atoms with Gasteiger partial charge in [0.05, 0.1) is 11.4 Å². The predicted molar refractivity (Wildman–Crippen MR) is 68.9 cm³/mol. The maximum Gasteiger partial charge on any atom is 0.235 e. The molecule has 1 aromatic carbocycles. The topological polar surface area (TPSA) is 63.4 Å². The number of nitrogens with zero attached hydrogens (tertiary/aromatic N) is 1. The fraction of sp³-hybridized carbons (Fsp3) is 0.400. The van der Waals surface area contributed by atoms with Gasteiger partial charge in [-0.3, -0.25) is 4.31 Å². The van der Waals surface area contributed by atoms with Crippen LogP contribution in [0, 0.1) is 0 Å². The van der Waals surface area contributed by atoms with Crippen molar-refractivity contribution in [2.24, 2.45) is 0 Å². The van der Waals surface area contributed by atoms with Crippen LogP contribution in [0.1, 0.15) is 12.8 Å². The lowest BCUT2D eigenvalue weighted by molar-refractivity contribution is 0.574. The third-order valence-electron chi connectivity index (χ3n) is 2.62. The molecule has 0 aliphatic carbocycles. The Balaban J connectivity index is 2.39. The van der Waals surface area contributed by atoms with E-state index in [-0.39, 0.29) is 5.75 Å². The van der Waals surface area contributed by atoms with E-state index in [2.05, 4.69) is 15.9 Å². The second kappa shape index (κ2) is 4.25. The molecule has 0 bridgehead atoms. The number of halogens is 1. The summed E-state index contributed by atoms with van der Waals surface area (Å²) in [6.07, 6.45) is 1.64. The van der Waals surface area contributed by atoms with Crippen molar-refractivity contribution >= 4 is 37.3 Å². The van der Waals surface area contributed by atoms with Gasteiger partial charge in [-0.15, -0.1) is 0 Å². The summed E-state index contributed by atoms with van der Waals surface area (Å²) in [5, 5.41) is 0. The number of hydrogen-bond donors (Lipinski definition) is 1. The Labute approximate surface area is 104 Å². The van der Waals surface area contributed by atoms with Crippen molar-refractivity contribution in [1.29, 1.82) is 0 Å². The number of rotatable bonds is 1. The zero-order valence-electron chi connectivity index (χ0n) is 8.69. The number of sulfonamides is 1. The molecule has 1 aromatic rings. The Morgan fingerprint density at radius 1 is 1.31 bits per heavy atom. The first kappa shape index (κ1) is 11.7. The highest BCUT2D eigenvalue weighted by atomic mass is 79.9. The van der Waals surface area contributed by atoms with Gasteiger partial charge in [0.25, 0.3) is 0 Å². The smallest absolute Gasteiger partial charge is 0.235 e. The molecule has 1 aliphatic rings. The fourth-order valence-corrected chi connectivity index (χ4v) is 3.64. The van der Waals surface area contributed by atoms with Crippen molar-refractivity contribution < 1.29 is 8.42 Å². The van der Waals surface area contributed by atoms with Crippen LogP contribution in [0.2, 0.25) is 0 Å². The zero-order chi connectivity index (χ0) is 11.8. The summed E-state index contributed by atoms with van der Waals surface area (Å²) in [6.45, 7) is 0.545. The van der Waals surface area contributed by atoms with Crippen LogP contribution in [0.15, 0.2) is 22.7 Å². The molecule has 2 N–H and O–H groups in total. The monoisotopic (exact) mass is 304 g/mol. The largest absolute Gasteiger partial charge is 0.398 e. The first-order valence-electron chi connectivity index (χ1n) is 5.06. The molecular weight excluding hydrogens is 292 g/mol. The van der Waals surface area contributed by atoms with E-state index in [4.69, 9.17) is 5.73 Å². The van der Waals surface area contributed by atoms with E-state index in [1.54, 1.807) is 18.2 Å². The van der Waals surface area contributed by atoms with Gasteiger partial charge in [0, 0.05) is 16.7 Å². The van der Waals surface area contributed by atoms with Crippen LogP contribution in [0.4, 0.5) is 11.4 Å². The number of anilines is 2. The van der Waals surface area contributed by atoms with Crippen molar-refractivity contribution in [2.45, 2.75) is 12.8 Å². The predicted octanol–water partition coefficient (Wildman–Crippen LogP) is 1.96. The number of nitrogen functional groups attached to an aromatic ring is 1. The second-order valence-corrected chi connectivity index (χ2v) is 6.67. The third-order valence-corrected chi connectivity index (χ3v) is 5.21. The maximum atomic E-state index is 11.9. The van der Waals surface area contributed by atoms with Gasteiger partial charge in [-0.25, -0.2) is 8.42 Å². The normalized spacial score (nSPS) is 19.7. The summed E-state index contributed by atoms with van der Waals surface area (Å²) in [7, 11) is -3.14. The average molecular weight is 305 g/mol. The van der Waals surface area contributed by atoms with Crippen LogP contribution in [0.5, 0.6) is 0 Å². The molecule has 1 heterocycles. The molecule has 16 heavy (non-hydrogen) atoms. The lowest BCUT2D eigenvalue weighted by atomic mass is 10.2. The highest BCUT2D eigenvalue weighted by Crippen LogP contribution is 2.29. The number of hydrogen-bond acceptors (Lipinski definition) is 3. The summed E-state index contributed by atoms with van der Waals surface area (Å²) >= 11 is 3.29. The Hall–Kier alpha value is -0.750. The van der Waals surface area contributed by atoms with Crippen molar-refractivity contribution in [2.75, 3.05) is 22.3 Å². The Morgan fingerprint density at radius 3 is 2.69 bits per heavy atom. The van der Waals surface area contributed by atoms with Gasteiger partial charge < -0.3 is 5.73 Å². The van der Waals surface area contributed by atoms with Gasteiger partial charge in [0.15, 0.2) is 0 Å². The molecule has 1 fully saturated rings. The molecule has 88 valence electrons. The molecule has 0 amide bonds. The Morgan fingerprint density at radius 2 is 2.06 bits per heavy atom. The number of benzene rings is 1. The van der Waals surface area contributed by atoms with E-state index in [0.29, 0.717) is 17.9 Å². The highest BCUT2D eigenvalue weighted by molar-refractivity contribution is 9.10. The molecule has 0 aromatic heterocycles.